The van der Waals surface area contributed by atoms with E-state index in [1.165, 1.54) is 10.9 Å². The Balaban J connectivity index is 2.36. The molecule has 1 aromatic heterocycles. The summed E-state index contributed by atoms with van der Waals surface area (Å²) in [5.74, 6) is 0.418. The minimum atomic E-state index is -3.32. The Bertz CT molecular complexity index is 631. The monoisotopic (exact) mass is 266 g/mol. The topological polar surface area (TPSA) is 90.0 Å². The van der Waals surface area contributed by atoms with E-state index < -0.39 is 10.0 Å². The van der Waals surface area contributed by atoms with Crippen LogP contribution in [0.2, 0.25) is 0 Å². The maximum atomic E-state index is 11.5. The molecule has 0 unspecified atom stereocenters. The summed E-state index contributed by atoms with van der Waals surface area (Å²) in [7, 11) is -3.32. The molecular weight excluding hydrogens is 252 g/mol. The van der Waals surface area contributed by atoms with E-state index in [-0.39, 0.29) is 5.75 Å². The van der Waals surface area contributed by atoms with Gasteiger partial charge in [-0.05, 0) is 31.2 Å². The number of nitrogen functional groups attached to an aromatic ring is 1. The van der Waals surface area contributed by atoms with Gasteiger partial charge in [0.2, 0.25) is 10.0 Å². The molecule has 0 spiro atoms. The van der Waals surface area contributed by atoms with Gasteiger partial charge in [-0.2, -0.15) is 5.10 Å². The third-order valence-corrected chi connectivity index (χ3v) is 3.70. The maximum absolute atomic E-state index is 11.5. The highest BCUT2D eigenvalue weighted by Crippen LogP contribution is 2.17. The molecule has 96 valence electrons. The van der Waals surface area contributed by atoms with Gasteiger partial charge in [0.05, 0.1) is 17.6 Å². The average Bonchev–Trinajstić information content (AvgIpc) is 2.77. The molecule has 0 saturated carbocycles. The third-order valence-electron chi connectivity index (χ3n) is 2.42. The lowest BCUT2D eigenvalue weighted by molar-refractivity contribution is 0.602. The van der Waals surface area contributed by atoms with Gasteiger partial charge in [-0.1, -0.05) is 0 Å². The van der Waals surface area contributed by atoms with E-state index in [1.54, 1.807) is 37.3 Å². The molecule has 0 amide bonds. The first-order valence-corrected chi connectivity index (χ1v) is 7.07. The summed E-state index contributed by atoms with van der Waals surface area (Å²) in [6, 6.07) is 8.60. The molecule has 0 aliphatic heterocycles. The van der Waals surface area contributed by atoms with Crippen molar-refractivity contribution < 1.29 is 8.42 Å². The standard InChI is InChI=1S/C11H14N4O2S/c1-2-18(16,17)14-11-7-8-13-15(11)10-5-3-9(12)4-6-10/h3-8,14H,2,12H2,1H3. The SMILES string of the molecule is CCS(=O)(=O)Nc1ccnn1-c1ccc(N)cc1. The zero-order valence-corrected chi connectivity index (χ0v) is 10.7. The molecule has 0 atom stereocenters. The van der Waals surface area contributed by atoms with Crippen molar-refractivity contribution in [2.45, 2.75) is 6.92 Å². The van der Waals surface area contributed by atoms with Crippen molar-refractivity contribution in [1.82, 2.24) is 9.78 Å². The van der Waals surface area contributed by atoms with Gasteiger partial charge in [0.1, 0.15) is 5.82 Å². The van der Waals surface area contributed by atoms with Crippen LogP contribution in [0.3, 0.4) is 0 Å². The van der Waals surface area contributed by atoms with Crippen molar-refractivity contribution in [1.29, 1.82) is 0 Å². The van der Waals surface area contributed by atoms with Crippen LogP contribution in [0.15, 0.2) is 36.5 Å². The summed E-state index contributed by atoms with van der Waals surface area (Å²) >= 11 is 0. The Morgan fingerprint density at radius 3 is 2.56 bits per heavy atom. The number of benzene rings is 1. The number of rotatable bonds is 4. The summed E-state index contributed by atoms with van der Waals surface area (Å²) in [5, 5.41) is 4.08. The lowest BCUT2D eigenvalue weighted by Gasteiger charge is -2.09. The van der Waals surface area contributed by atoms with Gasteiger partial charge in [-0.25, -0.2) is 13.1 Å². The van der Waals surface area contributed by atoms with Crippen LogP contribution in [0.25, 0.3) is 5.69 Å². The summed E-state index contributed by atoms with van der Waals surface area (Å²) in [6.07, 6.45) is 1.53. The van der Waals surface area contributed by atoms with Crippen LogP contribution in [0.1, 0.15) is 6.92 Å². The Labute approximate surface area is 105 Å². The molecule has 3 N–H and O–H groups in total. The van der Waals surface area contributed by atoms with Crippen LogP contribution in [0.4, 0.5) is 11.5 Å². The van der Waals surface area contributed by atoms with Crippen molar-refractivity contribution in [2.75, 3.05) is 16.2 Å². The predicted octanol–water partition coefficient (Wildman–Crippen LogP) is 1.22. The molecule has 6 nitrogen and oxygen atoms in total. The first-order chi connectivity index (χ1) is 8.52. The van der Waals surface area contributed by atoms with Crippen LogP contribution < -0.4 is 10.5 Å². The van der Waals surface area contributed by atoms with Crippen molar-refractivity contribution in [3.63, 3.8) is 0 Å². The largest absolute Gasteiger partial charge is 0.399 e. The van der Waals surface area contributed by atoms with Crippen LogP contribution in [0.5, 0.6) is 0 Å². The normalized spacial score (nSPS) is 11.4. The van der Waals surface area contributed by atoms with Crippen molar-refractivity contribution >= 4 is 21.5 Å². The number of sulfonamides is 1. The molecule has 0 aliphatic carbocycles. The highest BCUT2D eigenvalue weighted by Gasteiger charge is 2.11. The van der Waals surface area contributed by atoms with Crippen LogP contribution >= 0.6 is 0 Å². The second-order valence-corrected chi connectivity index (χ2v) is 5.74. The Hall–Kier alpha value is -2.02. The molecule has 1 aromatic carbocycles. The highest BCUT2D eigenvalue weighted by atomic mass is 32.2. The molecule has 2 aromatic rings. The molecule has 18 heavy (non-hydrogen) atoms. The van der Waals surface area contributed by atoms with E-state index in [0.29, 0.717) is 11.5 Å². The lowest BCUT2D eigenvalue weighted by Crippen LogP contribution is -2.17. The van der Waals surface area contributed by atoms with Crippen molar-refractivity contribution in [3.8, 4) is 5.69 Å². The van der Waals surface area contributed by atoms with Crippen molar-refractivity contribution in [3.05, 3.63) is 36.5 Å². The van der Waals surface area contributed by atoms with E-state index in [0.717, 1.165) is 5.69 Å². The van der Waals surface area contributed by atoms with Crippen LogP contribution in [-0.4, -0.2) is 24.0 Å². The van der Waals surface area contributed by atoms with Gasteiger partial charge < -0.3 is 5.73 Å². The van der Waals surface area contributed by atoms with Gasteiger partial charge in [0.15, 0.2) is 0 Å². The minimum Gasteiger partial charge on any atom is -0.399 e. The molecule has 7 heteroatoms. The van der Waals surface area contributed by atoms with Crippen molar-refractivity contribution in [2.24, 2.45) is 0 Å². The summed E-state index contributed by atoms with van der Waals surface area (Å²) in [4.78, 5) is 0. The molecule has 0 fully saturated rings. The second-order valence-electron chi connectivity index (χ2n) is 3.73. The lowest BCUT2D eigenvalue weighted by atomic mass is 10.3. The van der Waals surface area contributed by atoms with E-state index in [1.807, 2.05) is 0 Å². The maximum Gasteiger partial charge on any atom is 0.233 e. The number of aromatic nitrogens is 2. The Morgan fingerprint density at radius 1 is 1.28 bits per heavy atom. The summed E-state index contributed by atoms with van der Waals surface area (Å²) in [6.45, 7) is 1.58. The number of nitrogens with one attached hydrogen (secondary N) is 1. The fourth-order valence-electron chi connectivity index (χ4n) is 1.43. The molecular formula is C11H14N4O2S. The first-order valence-electron chi connectivity index (χ1n) is 5.42. The smallest absolute Gasteiger partial charge is 0.233 e. The fourth-order valence-corrected chi connectivity index (χ4v) is 2.05. The molecule has 0 bridgehead atoms. The molecule has 2 rings (SSSR count). The van der Waals surface area contributed by atoms with Crippen LogP contribution in [0, 0.1) is 0 Å². The first kappa shape index (κ1) is 12.4. The number of nitrogens with zero attached hydrogens (tertiary/aromatic N) is 2. The van der Waals surface area contributed by atoms with E-state index in [9.17, 15) is 8.42 Å². The minimum absolute atomic E-state index is 0.0138. The Kier molecular flexibility index (Phi) is 3.24. The summed E-state index contributed by atoms with van der Waals surface area (Å²) in [5.41, 5.74) is 6.98. The van der Waals surface area contributed by atoms with Gasteiger partial charge in [-0.15, -0.1) is 0 Å². The fraction of sp³-hybridized carbons (Fsp3) is 0.182. The predicted molar refractivity (Wildman–Crippen MR) is 71.1 cm³/mol. The van der Waals surface area contributed by atoms with Gasteiger partial charge >= 0.3 is 0 Å². The molecule has 0 aliphatic rings. The number of anilines is 2. The zero-order valence-electron chi connectivity index (χ0n) is 9.87. The third kappa shape index (κ3) is 2.62. The molecule has 0 saturated heterocycles. The van der Waals surface area contributed by atoms with Crippen LogP contribution in [-0.2, 0) is 10.0 Å². The van der Waals surface area contributed by atoms with Gasteiger partial charge in [0, 0.05) is 11.8 Å². The summed E-state index contributed by atoms with van der Waals surface area (Å²) < 4.78 is 27.0. The average molecular weight is 266 g/mol. The van der Waals surface area contributed by atoms with Gasteiger partial charge in [0.25, 0.3) is 0 Å². The van der Waals surface area contributed by atoms with Gasteiger partial charge in [-0.3, -0.25) is 4.72 Å². The quantitative estimate of drug-likeness (QED) is 0.814. The number of hydrogen-bond donors (Lipinski definition) is 2. The molecule has 0 radical (unpaired) electrons. The van der Waals surface area contributed by atoms with E-state index >= 15 is 0 Å². The zero-order chi connectivity index (χ0) is 13.2. The highest BCUT2D eigenvalue weighted by molar-refractivity contribution is 7.92. The second kappa shape index (κ2) is 4.69. The Morgan fingerprint density at radius 2 is 1.94 bits per heavy atom. The van der Waals surface area contributed by atoms with E-state index in [4.69, 9.17) is 5.73 Å². The van der Waals surface area contributed by atoms with E-state index in [2.05, 4.69) is 9.82 Å². The number of hydrogen-bond acceptors (Lipinski definition) is 4. The number of nitrogens with two attached hydrogens (primary N) is 1. The molecule has 1 heterocycles.